The Bertz CT molecular complexity index is 494. The van der Waals surface area contributed by atoms with Crippen LogP contribution in [0.2, 0.25) is 5.02 Å². The maximum atomic E-state index is 6.14. The fourth-order valence-corrected chi connectivity index (χ4v) is 2.95. The zero-order chi connectivity index (χ0) is 12.3. The largest absolute Gasteiger partial charge is 0.0840 e. The molecule has 0 nitrogen and oxygen atoms in total. The second-order valence-corrected chi connectivity index (χ2v) is 5.62. The Hall–Kier alpha value is -0.790. The van der Waals surface area contributed by atoms with E-state index in [4.69, 9.17) is 11.6 Å². The summed E-state index contributed by atoms with van der Waals surface area (Å²) in [6.45, 7) is 2.07. The van der Waals surface area contributed by atoms with Crippen molar-refractivity contribution in [2.24, 2.45) is 0 Å². The number of hydrogen-bond acceptors (Lipinski definition) is 0. The van der Waals surface area contributed by atoms with Gasteiger partial charge in [-0.3, -0.25) is 0 Å². The van der Waals surface area contributed by atoms with E-state index in [1.165, 1.54) is 11.1 Å². The summed E-state index contributed by atoms with van der Waals surface area (Å²) in [6.07, 6.45) is 0.974. The van der Waals surface area contributed by atoms with E-state index in [0.29, 0.717) is 4.83 Å². The maximum Gasteiger partial charge on any atom is 0.0438 e. The molecule has 17 heavy (non-hydrogen) atoms. The topological polar surface area (TPSA) is 0 Å². The monoisotopic (exact) mass is 308 g/mol. The summed E-state index contributed by atoms with van der Waals surface area (Å²) in [4.78, 5) is 0.309. The van der Waals surface area contributed by atoms with E-state index in [2.05, 4.69) is 53.2 Å². The maximum absolute atomic E-state index is 6.14. The molecule has 2 heteroatoms. The molecule has 2 aromatic rings. The summed E-state index contributed by atoms with van der Waals surface area (Å²) in [5.41, 5.74) is 3.75. The first-order chi connectivity index (χ1) is 8.18. The van der Waals surface area contributed by atoms with Crippen LogP contribution in [0, 0.1) is 6.92 Å². The molecule has 0 aliphatic heterocycles. The van der Waals surface area contributed by atoms with Gasteiger partial charge in [-0.15, -0.1) is 0 Å². The second-order valence-electron chi connectivity index (χ2n) is 4.11. The molecule has 0 N–H and O–H groups in total. The van der Waals surface area contributed by atoms with Crippen LogP contribution in [0.4, 0.5) is 0 Å². The second kappa shape index (κ2) is 5.70. The molecule has 0 aliphatic rings. The molecule has 2 aromatic carbocycles. The summed E-state index contributed by atoms with van der Waals surface area (Å²) in [5.74, 6) is 0. The van der Waals surface area contributed by atoms with E-state index in [9.17, 15) is 0 Å². The van der Waals surface area contributed by atoms with E-state index < -0.39 is 0 Å². The minimum atomic E-state index is 0.309. The van der Waals surface area contributed by atoms with Crippen molar-refractivity contribution in [2.45, 2.75) is 18.2 Å². The summed E-state index contributed by atoms with van der Waals surface area (Å²) < 4.78 is 0. The van der Waals surface area contributed by atoms with Crippen LogP contribution in [0.5, 0.6) is 0 Å². The van der Waals surface area contributed by atoms with Crippen LogP contribution in [0.1, 0.15) is 21.5 Å². The zero-order valence-electron chi connectivity index (χ0n) is 9.66. The van der Waals surface area contributed by atoms with Gasteiger partial charge >= 0.3 is 0 Å². The molecular weight excluding hydrogens is 296 g/mol. The number of alkyl halides is 1. The van der Waals surface area contributed by atoms with Gasteiger partial charge in [-0.2, -0.15) is 0 Å². The van der Waals surface area contributed by atoms with Crippen LogP contribution in [0.25, 0.3) is 0 Å². The molecule has 0 saturated carbocycles. The summed E-state index contributed by atoms with van der Waals surface area (Å²) >= 11 is 9.89. The van der Waals surface area contributed by atoms with Crippen LogP contribution in [-0.2, 0) is 6.42 Å². The molecule has 0 heterocycles. The Labute approximate surface area is 116 Å². The van der Waals surface area contributed by atoms with E-state index in [1.54, 1.807) is 0 Å². The van der Waals surface area contributed by atoms with Crippen LogP contribution in [0.15, 0.2) is 48.5 Å². The van der Waals surface area contributed by atoms with Gasteiger partial charge in [0.1, 0.15) is 0 Å². The van der Waals surface area contributed by atoms with E-state index in [1.807, 2.05) is 18.2 Å². The van der Waals surface area contributed by atoms with Crippen LogP contribution in [-0.4, -0.2) is 0 Å². The molecule has 2 rings (SSSR count). The highest BCUT2D eigenvalue weighted by atomic mass is 79.9. The minimum absolute atomic E-state index is 0.309. The van der Waals surface area contributed by atoms with E-state index >= 15 is 0 Å². The predicted octanol–water partition coefficient (Wildman–Crippen LogP) is 5.33. The Morgan fingerprint density at radius 2 is 1.76 bits per heavy atom. The number of halogens is 2. The predicted molar refractivity (Wildman–Crippen MR) is 78.0 cm³/mol. The first-order valence-corrected chi connectivity index (χ1v) is 6.91. The fourth-order valence-electron chi connectivity index (χ4n) is 1.89. The number of rotatable bonds is 3. The van der Waals surface area contributed by atoms with Crippen LogP contribution >= 0.6 is 27.5 Å². The Kier molecular flexibility index (Phi) is 4.25. The summed E-state index contributed by atoms with van der Waals surface area (Å²) in [5, 5.41) is 0.833. The summed E-state index contributed by atoms with van der Waals surface area (Å²) in [7, 11) is 0. The van der Waals surface area contributed by atoms with Gasteiger partial charge in [0.2, 0.25) is 0 Å². The lowest BCUT2D eigenvalue weighted by molar-refractivity contribution is 0.938. The van der Waals surface area contributed by atoms with Crippen molar-refractivity contribution in [3.05, 3.63) is 70.2 Å². The van der Waals surface area contributed by atoms with Gasteiger partial charge in [-0.1, -0.05) is 70.0 Å². The quantitative estimate of drug-likeness (QED) is 0.672. The van der Waals surface area contributed by atoms with E-state index in [0.717, 1.165) is 17.0 Å². The Morgan fingerprint density at radius 1 is 1.06 bits per heavy atom. The van der Waals surface area contributed by atoms with E-state index in [-0.39, 0.29) is 0 Å². The molecule has 0 bridgehead atoms. The van der Waals surface area contributed by atoms with Gasteiger partial charge in [-0.25, -0.2) is 0 Å². The minimum Gasteiger partial charge on any atom is -0.0840 e. The smallest absolute Gasteiger partial charge is 0.0438 e. The lowest BCUT2D eigenvalue weighted by Gasteiger charge is -2.14. The third-order valence-electron chi connectivity index (χ3n) is 2.90. The SMILES string of the molecule is Cc1c(Cl)cccc1C(Br)Cc1ccccc1. The van der Waals surface area contributed by atoms with Gasteiger partial charge in [0.15, 0.2) is 0 Å². The lowest BCUT2D eigenvalue weighted by atomic mass is 10.0. The normalized spacial score (nSPS) is 12.4. The lowest BCUT2D eigenvalue weighted by Crippen LogP contribution is -1.98. The molecule has 88 valence electrons. The molecule has 0 spiro atoms. The van der Waals surface area contributed by atoms with Crippen LogP contribution < -0.4 is 0 Å². The third-order valence-corrected chi connectivity index (χ3v) is 4.13. The molecule has 0 saturated heterocycles. The van der Waals surface area contributed by atoms with Crippen molar-refractivity contribution >= 4 is 27.5 Å². The molecule has 0 aliphatic carbocycles. The van der Waals surface area contributed by atoms with Gasteiger partial charge in [0.25, 0.3) is 0 Å². The van der Waals surface area contributed by atoms with Crippen molar-refractivity contribution in [1.29, 1.82) is 0 Å². The van der Waals surface area contributed by atoms with Crippen molar-refractivity contribution < 1.29 is 0 Å². The molecule has 0 fully saturated rings. The number of benzene rings is 2. The number of hydrogen-bond donors (Lipinski definition) is 0. The highest BCUT2D eigenvalue weighted by Crippen LogP contribution is 2.32. The summed E-state index contributed by atoms with van der Waals surface area (Å²) in [6, 6.07) is 16.5. The van der Waals surface area contributed by atoms with Crippen molar-refractivity contribution in [1.82, 2.24) is 0 Å². The van der Waals surface area contributed by atoms with Crippen molar-refractivity contribution in [2.75, 3.05) is 0 Å². The highest BCUT2D eigenvalue weighted by Gasteiger charge is 2.12. The Balaban J connectivity index is 2.20. The fraction of sp³-hybridized carbons (Fsp3) is 0.200. The molecular formula is C15H14BrCl. The average molecular weight is 310 g/mol. The van der Waals surface area contributed by atoms with Crippen molar-refractivity contribution in [3.63, 3.8) is 0 Å². The molecule has 1 atom stereocenters. The van der Waals surface area contributed by atoms with Gasteiger partial charge in [0.05, 0.1) is 0 Å². The van der Waals surface area contributed by atoms with Gasteiger partial charge in [-0.05, 0) is 36.1 Å². The standard InChI is InChI=1S/C15H14BrCl/c1-11-13(8-5-9-15(11)17)14(16)10-12-6-3-2-4-7-12/h2-9,14H,10H2,1H3. The average Bonchev–Trinajstić information content (AvgIpc) is 2.34. The molecule has 0 radical (unpaired) electrons. The van der Waals surface area contributed by atoms with Crippen LogP contribution in [0.3, 0.4) is 0 Å². The molecule has 1 unspecified atom stereocenters. The first-order valence-electron chi connectivity index (χ1n) is 5.61. The van der Waals surface area contributed by atoms with Crippen molar-refractivity contribution in [3.8, 4) is 0 Å². The Morgan fingerprint density at radius 3 is 2.47 bits per heavy atom. The van der Waals surface area contributed by atoms with Gasteiger partial charge < -0.3 is 0 Å². The van der Waals surface area contributed by atoms with Gasteiger partial charge in [0, 0.05) is 9.85 Å². The third kappa shape index (κ3) is 3.11. The molecule has 0 aromatic heterocycles. The first kappa shape index (κ1) is 12.7. The highest BCUT2D eigenvalue weighted by molar-refractivity contribution is 9.09. The zero-order valence-corrected chi connectivity index (χ0v) is 12.0. The molecule has 0 amide bonds.